The van der Waals surface area contributed by atoms with Crippen molar-refractivity contribution in [1.82, 2.24) is 0 Å². The van der Waals surface area contributed by atoms with Gasteiger partial charge in [0.1, 0.15) is 17.2 Å². The number of aromatic hydroxyl groups is 2. The smallest absolute Gasteiger partial charge is 0.141 e. The Hall–Kier alpha value is -2.36. The molecule has 2 aromatic rings. The zero-order valence-corrected chi connectivity index (χ0v) is 10.9. The maximum Gasteiger partial charge on any atom is 0.141 e. The molecule has 0 radical (unpaired) electrons. The maximum atomic E-state index is 9.50. The number of hydrogen-bond donors (Lipinski definition) is 3. The summed E-state index contributed by atoms with van der Waals surface area (Å²) in [6, 6.07) is 12.1. The monoisotopic (exact) mass is 259 g/mol. The van der Waals surface area contributed by atoms with Crippen molar-refractivity contribution in [3.05, 3.63) is 48.0 Å². The fraction of sp³-hybridized carbons (Fsp3) is 0.200. The third-order valence-electron chi connectivity index (χ3n) is 2.90. The van der Waals surface area contributed by atoms with E-state index >= 15 is 0 Å². The fourth-order valence-corrected chi connectivity index (χ4v) is 1.95. The molecule has 0 aliphatic carbocycles. The van der Waals surface area contributed by atoms with E-state index < -0.39 is 0 Å². The molecule has 0 aliphatic heterocycles. The first-order valence-corrected chi connectivity index (χ1v) is 6.02. The molecule has 0 heterocycles. The highest BCUT2D eigenvalue weighted by Crippen LogP contribution is 2.30. The summed E-state index contributed by atoms with van der Waals surface area (Å²) in [4.78, 5) is 0. The van der Waals surface area contributed by atoms with E-state index in [1.807, 2.05) is 31.2 Å². The third-order valence-corrected chi connectivity index (χ3v) is 2.90. The number of nitrogens with one attached hydrogen (secondary N) is 1. The summed E-state index contributed by atoms with van der Waals surface area (Å²) in [6.07, 6.45) is 0. The van der Waals surface area contributed by atoms with Crippen LogP contribution in [-0.2, 0) is 0 Å². The third kappa shape index (κ3) is 3.10. The first kappa shape index (κ1) is 13.1. The van der Waals surface area contributed by atoms with E-state index in [-0.39, 0.29) is 17.5 Å². The largest absolute Gasteiger partial charge is 0.508 e. The molecule has 0 saturated heterocycles. The van der Waals surface area contributed by atoms with Gasteiger partial charge in [0.15, 0.2) is 0 Å². The van der Waals surface area contributed by atoms with Crippen LogP contribution < -0.4 is 10.1 Å². The number of phenols is 2. The molecule has 0 amide bonds. The van der Waals surface area contributed by atoms with Crippen molar-refractivity contribution in [2.45, 2.75) is 13.0 Å². The normalized spacial score (nSPS) is 11.9. The summed E-state index contributed by atoms with van der Waals surface area (Å²) in [6.45, 7) is 1.95. The standard InChI is InChI=1S/C15H17NO3/c1-10(11-7-12(17)9-13(18)8-11)16-14-5-3-4-6-15(14)19-2/h3-10,16-18H,1-2H3. The second-order valence-corrected chi connectivity index (χ2v) is 4.35. The van der Waals surface area contributed by atoms with Gasteiger partial charge < -0.3 is 20.3 Å². The molecule has 3 N–H and O–H groups in total. The molecule has 1 atom stereocenters. The van der Waals surface area contributed by atoms with Crippen LogP contribution in [0, 0.1) is 0 Å². The average Bonchev–Trinajstić information content (AvgIpc) is 2.38. The molecule has 0 saturated carbocycles. The fourth-order valence-electron chi connectivity index (χ4n) is 1.95. The SMILES string of the molecule is COc1ccccc1NC(C)c1cc(O)cc(O)c1. The molecule has 4 nitrogen and oxygen atoms in total. The van der Waals surface area contributed by atoms with Crippen molar-refractivity contribution in [2.24, 2.45) is 0 Å². The van der Waals surface area contributed by atoms with E-state index in [4.69, 9.17) is 4.74 Å². The Balaban J connectivity index is 2.22. The van der Waals surface area contributed by atoms with Gasteiger partial charge in [0.25, 0.3) is 0 Å². The molecule has 0 spiro atoms. The van der Waals surface area contributed by atoms with Crippen LogP contribution >= 0.6 is 0 Å². The minimum atomic E-state index is -0.0747. The minimum absolute atomic E-state index is 0.0451. The van der Waals surface area contributed by atoms with Crippen LogP contribution in [0.2, 0.25) is 0 Å². The number of para-hydroxylation sites is 2. The van der Waals surface area contributed by atoms with Crippen LogP contribution in [0.5, 0.6) is 17.2 Å². The molecular weight excluding hydrogens is 242 g/mol. The van der Waals surface area contributed by atoms with Crippen LogP contribution in [0.15, 0.2) is 42.5 Å². The molecule has 2 aromatic carbocycles. The van der Waals surface area contributed by atoms with Gasteiger partial charge in [-0.05, 0) is 36.8 Å². The van der Waals surface area contributed by atoms with Crippen LogP contribution in [-0.4, -0.2) is 17.3 Å². The Morgan fingerprint density at radius 3 is 2.32 bits per heavy atom. The molecule has 4 heteroatoms. The Morgan fingerprint density at radius 2 is 1.68 bits per heavy atom. The van der Waals surface area contributed by atoms with E-state index in [0.29, 0.717) is 0 Å². The highest BCUT2D eigenvalue weighted by atomic mass is 16.5. The van der Waals surface area contributed by atoms with E-state index in [1.165, 1.54) is 6.07 Å². The first-order valence-electron chi connectivity index (χ1n) is 6.02. The van der Waals surface area contributed by atoms with Crippen molar-refractivity contribution in [2.75, 3.05) is 12.4 Å². The van der Waals surface area contributed by atoms with E-state index in [0.717, 1.165) is 17.0 Å². The Bertz CT molecular complexity index is 549. The van der Waals surface area contributed by atoms with Crippen molar-refractivity contribution in [3.63, 3.8) is 0 Å². The van der Waals surface area contributed by atoms with Crippen molar-refractivity contribution >= 4 is 5.69 Å². The summed E-state index contributed by atoms with van der Waals surface area (Å²) < 4.78 is 5.27. The summed E-state index contributed by atoms with van der Waals surface area (Å²) in [5.41, 5.74) is 1.66. The van der Waals surface area contributed by atoms with E-state index in [2.05, 4.69) is 5.32 Å². The van der Waals surface area contributed by atoms with Crippen LogP contribution in [0.4, 0.5) is 5.69 Å². The molecule has 0 fully saturated rings. The quantitative estimate of drug-likeness (QED) is 0.788. The summed E-state index contributed by atoms with van der Waals surface area (Å²) in [5.74, 6) is 0.839. The summed E-state index contributed by atoms with van der Waals surface area (Å²) in [5, 5.41) is 22.3. The van der Waals surface area contributed by atoms with Crippen molar-refractivity contribution < 1.29 is 14.9 Å². The molecule has 19 heavy (non-hydrogen) atoms. The van der Waals surface area contributed by atoms with Gasteiger partial charge in [-0.1, -0.05) is 12.1 Å². The average molecular weight is 259 g/mol. The summed E-state index contributed by atoms with van der Waals surface area (Å²) in [7, 11) is 1.62. The van der Waals surface area contributed by atoms with Gasteiger partial charge >= 0.3 is 0 Å². The molecule has 100 valence electrons. The Kier molecular flexibility index (Phi) is 3.80. The second-order valence-electron chi connectivity index (χ2n) is 4.35. The number of hydrogen-bond acceptors (Lipinski definition) is 4. The predicted octanol–water partition coefficient (Wildman–Crippen LogP) is 3.28. The summed E-state index contributed by atoms with van der Waals surface area (Å²) >= 11 is 0. The van der Waals surface area contributed by atoms with Gasteiger partial charge in [-0.15, -0.1) is 0 Å². The van der Waals surface area contributed by atoms with Gasteiger partial charge in [-0.2, -0.15) is 0 Å². The molecule has 0 aromatic heterocycles. The maximum absolute atomic E-state index is 9.50. The number of benzene rings is 2. The highest BCUT2D eigenvalue weighted by Gasteiger charge is 2.10. The van der Waals surface area contributed by atoms with Gasteiger partial charge in [-0.25, -0.2) is 0 Å². The van der Waals surface area contributed by atoms with Gasteiger partial charge in [0.05, 0.1) is 12.8 Å². The lowest BCUT2D eigenvalue weighted by Gasteiger charge is -2.18. The molecule has 0 aliphatic rings. The minimum Gasteiger partial charge on any atom is -0.508 e. The Morgan fingerprint density at radius 1 is 1.05 bits per heavy atom. The number of phenolic OH excluding ortho intramolecular Hbond substituents is 2. The molecule has 1 unspecified atom stereocenters. The number of anilines is 1. The number of rotatable bonds is 4. The number of ether oxygens (including phenoxy) is 1. The van der Waals surface area contributed by atoms with Gasteiger partial charge in [0.2, 0.25) is 0 Å². The Labute approximate surface area is 112 Å². The molecule has 0 bridgehead atoms. The molecular formula is C15H17NO3. The lowest BCUT2D eigenvalue weighted by Crippen LogP contribution is -2.07. The van der Waals surface area contributed by atoms with Gasteiger partial charge in [-0.3, -0.25) is 0 Å². The predicted molar refractivity (Wildman–Crippen MR) is 74.8 cm³/mol. The molecule has 2 rings (SSSR count). The lowest BCUT2D eigenvalue weighted by molar-refractivity contribution is 0.416. The highest BCUT2D eigenvalue weighted by molar-refractivity contribution is 5.57. The van der Waals surface area contributed by atoms with E-state index in [9.17, 15) is 10.2 Å². The van der Waals surface area contributed by atoms with Crippen LogP contribution in [0.25, 0.3) is 0 Å². The lowest BCUT2D eigenvalue weighted by atomic mass is 10.1. The van der Waals surface area contributed by atoms with Crippen molar-refractivity contribution in [3.8, 4) is 17.2 Å². The van der Waals surface area contributed by atoms with Crippen molar-refractivity contribution in [1.29, 1.82) is 0 Å². The second kappa shape index (κ2) is 5.52. The van der Waals surface area contributed by atoms with Gasteiger partial charge in [0, 0.05) is 12.1 Å². The van der Waals surface area contributed by atoms with E-state index in [1.54, 1.807) is 19.2 Å². The van der Waals surface area contributed by atoms with Crippen LogP contribution in [0.1, 0.15) is 18.5 Å². The zero-order valence-electron chi connectivity index (χ0n) is 10.9. The number of methoxy groups -OCH3 is 1. The zero-order chi connectivity index (χ0) is 13.8. The van der Waals surface area contributed by atoms with Crippen LogP contribution in [0.3, 0.4) is 0 Å². The topological polar surface area (TPSA) is 61.7 Å². The first-order chi connectivity index (χ1) is 9.10.